The zero-order valence-electron chi connectivity index (χ0n) is 11.6. The third-order valence-corrected chi connectivity index (χ3v) is 4.62. The highest BCUT2D eigenvalue weighted by atomic mass is 32.1. The van der Waals surface area contributed by atoms with E-state index in [1.54, 1.807) is 6.20 Å². The van der Waals surface area contributed by atoms with E-state index in [-0.39, 0.29) is 5.92 Å². The van der Waals surface area contributed by atoms with Crippen molar-refractivity contribution in [2.75, 3.05) is 0 Å². The van der Waals surface area contributed by atoms with Crippen molar-refractivity contribution in [1.29, 1.82) is 0 Å². The lowest BCUT2D eigenvalue weighted by Gasteiger charge is -2.34. The van der Waals surface area contributed by atoms with Gasteiger partial charge in [0, 0.05) is 28.9 Å². The fourth-order valence-corrected chi connectivity index (χ4v) is 3.35. The first-order chi connectivity index (χ1) is 10.0. The predicted octanol–water partition coefficient (Wildman–Crippen LogP) is 4.62. The van der Waals surface area contributed by atoms with Gasteiger partial charge in [0.1, 0.15) is 11.6 Å². The van der Waals surface area contributed by atoms with Gasteiger partial charge in [-0.15, -0.1) is 0 Å². The third kappa shape index (κ3) is 2.35. The number of nitrogens with one attached hydrogen (secondary N) is 2. The zero-order valence-corrected chi connectivity index (χ0v) is 12.4. The van der Waals surface area contributed by atoms with Crippen molar-refractivity contribution in [2.24, 2.45) is 5.92 Å². The van der Waals surface area contributed by atoms with Crippen LogP contribution in [-0.4, -0.2) is 9.97 Å². The van der Waals surface area contributed by atoms with Crippen LogP contribution < -0.4 is 0 Å². The van der Waals surface area contributed by atoms with Crippen molar-refractivity contribution in [3.05, 3.63) is 64.2 Å². The van der Waals surface area contributed by atoms with E-state index in [1.807, 2.05) is 6.92 Å². The van der Waals surface area contributed by atoms with Gasteiger partial charge in [-0.25, -0.2) is 8.78 Å². The number of halogens is 2. The molecule has 2 atom stereocenters. The third-order valence-electron chi connectivity index (χ3n) is 4.40. The van der Waals surface area contributed by atoms with Crippen molar-refractivity contribution in [1.82, 2.24) is 9.97 Å². The van der Waals surface area contributed by atoms with Crippen molar-refractivity contribution in [3.63, 3.8) is 0 Å². The van der Waals surface area contributed by atoms with Gasteiger partial charge in [0.05, 0.1) is 0 Å². The highest BCUT2D eigenvalue weighted by Gasteiger charge is 2.40. The molecule has 5 heteroatoms. The maximum absolute atomic E-state index is 14.4. The Hall–Kier alpha value is -1.75. The summed E-state index contributed by atoms with van der Waals surface area (Å²) in [5, 5.41) is 0. The second-order valence-corrected chi connectivity index (χ2v) is 6.00. The molecule has 0 radical (unpaired) electrons. The molecule has 1 aliphatic carbocycles. The van der Waals surface area contributed by atoms with Gasteiger partial charge in [-0.1, -0.05) is 18.2 Å². The Morgan fingerprint density at radius 1 is 1.33 bits per heavy atom. The van der Waals surface area contributed by atoms with E-state index >= 15 is 0 Å². The molecular formula is C16H16F2N2S. The molecule has 0 spiro atoms. The Labute approximate surface area is 126 Å². The minimum atomic E-state index is -0.613. The van der Waals surface area contributed by atoms with Crippen molar-refractivity contribution < 1.29 is 8.78 Å². The molecule has 1 aromatic carbocycles. The standard InChI is InChI=1S/C16H16F2N2S/c1-16(10-4-2-3-5-10,14-9-19-15(21)20-14)12-7-6-11(17)8-13(12)18/h2,4,6-10H,3,5H2,1H3,(H2,19,20,21). The van der Waals surface area contributed by atoms with Crippen LogP contribution in [0.1, 0.15) is 31.0 Å². The molecule has 0 saturated carbocycles. The fourth-order valence-electron chi connectivity index (χ4n) is 3.18. The molecule has 1 heterocycles. The number of aromatic amines is 2. The normalized spacial score (nSPS) is 20.6. The topological polar surface area (TPSA) is 31.6 Å². The Kier molecular flexibility index (Phi) is 3.53. The van der Waals surface area contributed by atoms with Gasteiger partial charge >= 0.3 is 0 Å². The van der Waals surface area contributed by atoms with E-state index in [4.69, 9.17) is 12.2 Å². The second-order valence-electron chi connectivity index (χ2n) is 5.59. The molecule has 0 aliphatic heterocycles. The van der Waals surface area contributed by atoms with Crippen LogP contribution in [-0.2, 0) is 5.41 Å². The van der Waals surface area contributed by atoms with Crippen LogP contribution in [0.3, 0.4) is 0 Å². The minimum absolute atomic E-state index is 0.138. The molecule has 2 N–H and O–H groups in total. The Morgan fingerprint density at radius 2 is 2.14 bits per heavy atom. The summed E-state index contributed by atoms with van der Waals surface area (Å²) in [6.07, 6.45) is 7.88. The summed E-state index contributed by atoms with van der Waals surface area (Å²) < 4.78 is 28.1. The number of benzene rings is 1. The van der Waals surface area contributed by atoms with Gasteiger partial charge in [0.2, 0.25) is 0 Å². The summed E-state index contributed by atoms with van der Waals surface area (Å²) in [5.41, 5.74) is 0.679. The van der Waals surface area contributed by atoms with Gasteiger partial charge in [-0.2, -0.15) is 0 Å². The summed E-state index contributed by atoms with van der Waals surface area (Å²) in [4.78, 5) is 6.04. The van der Waals surface area contributed by atoms with Crippen molar-refractivity contribution in [3.8, 4) is 0 Å². The van der Waals surface area contributed by atoms with Gasteiger partial charge in [-0.3, -0.25) is 0 Å². The predicted molar refractivity (Wildman–Crippen MR) is 80.7 cm³/mol. The van der Waals surface area contributed by atoms with Crippen LogP contribution in [0, 0.1) is 22.3 Å². The molecule has 0 saturated heterocycles. The van der Waals surface area contributed by atoms with Crippen LogP contribution in [0.25, 0.3) is 0 Å². The summed E-state index contributed by atoms with van der Waals surface area (Å²) in [7, 11) is 0. The number of aromatic nitrogens is 2. The summed E-state index contributed by atoms with van der Waals surface area (Å²) in [6, 6.07) is 3.77. The maximum Gasteiger partial charge on any atom is 0.174 e. The maximum atomic E-state index is 14.4. The average Bonchev–Trinajstić information content (AvgIpc) is 3.09. The lowest BCUT2D eigenvalue weighted by atomic mass is 9.69. The highest BCUT2D eigenvalue weighted by Crippen LogP contribution is 2.44. The Bertz CT molecular complexity index is 747. The lowest BCUT2D eigenvalue weighted by Crippen LogP contribution is -2.33. The number of imidazole rings is 1. The summed E-state index contributed by atoms with van der Waals surface area (Å²) >= 11 is 5.10. The van der Waals surface area contributed by atoms with Crippen molar-refractivity contribution in [2.45, 2.75) is 25.2 Å². The van der Waals surface area contributed by atoms with Gasteiger partial charge in [0.15, 0.2) is 4.77 Å². The molecule has 0 amide bonds. The first-order valence-corrected chi connectivity index (χ1v) is 7.33. The van der Waals surface area contributed by atoms with E-state index in [9.17, 15) is 8.78 Å². The van der Waals surface area contributed by atoms with Crippen molar-refractivity contribution >= 4 is 12.2 Å². The number of allylic oxidation sites excluding steroid dienone is 2. The van der Waals surface area contributed by atoms with Gasteiger partial charge < -0.3 is 9.97 Å². The molecule has 2 unspecified atom stereocenters. The quantitative estimate of drug-likeness (QED) is 0.629. The van der Waals surface area contributed by atoms with Gasteiger partial charge in [-0.05, 0) is 44.0 Å². The molecular weight excluding hydrogens is 290 g/mol. The van der Waals surface area contributed by atoms with E-state index < -0.39 is 17.0 Å². The minimum Gasteiger partial charge on any atom is -0.337 e. The monoisotopic (exact) mass is 306 g/mol. The second kappa shape index (κ2) is 5.22. The molecule has 1 aromatic heterocycles. The summed E-state index contributed by atoms with van der Waals surface area (Å²) in [5.74, 6) is -0.959. The fraction of sp³-hybridized carbons (Fsp3) is 0.312. The van der Waals surface area contributed by atoms with Gasteiger partial charge in [0.25, 0.3) is 0 Å². The molecule has 1 aliphatic rings. The first-order valence-electron chi connectivity index (χ1n) is 6.92. The van der Waals surface area contributed by atoms with Crippen LogP contribution in [0.15, 0.2) is 36.5 Å². The average molecular weight is 306 g/mol. The number of rotatable bonds is 3. The molecule has 0 bridgehead atoms. The summed E-state index contributed by atoms with van der Waals surface area (Å²) in [6.45, 7) is 1.97. The van der Waals surface area contributed by atoms with Crippen LogP contribution in [0.4, 0.5) is 8.78 Å². The molecule has 2 nitrogen and oxygen atoms in total. The van der Waals surface area contributed by atoms with E-state index in [0.29, 0.717) is 10.3 Å². The molecule has 21 heavy (non-hydrogen) atoms. The lowest BCUT2D eigenvalue weighted by molar-refractivity contribution is 0.382. The van der Waals surface area contributed by atoms with E-state index in [1.165, 1.54) is 12.1 Å². The molecule has 110 valence electrons. The largest absolute Gasteiger partial charge is 0.337 e. The number of hydrogen-bond donors (Lipinski definition) is 2. The first kappa shape index (κ1) is 14.2. The van der Waals surface area contributed by atoms with Crippen LogP contribution >= 0.6 is 12.2 Å². The smallest absolute Gasteiger partial charge is 0.174 e. The molecule has 0 fully saturated rings. The van der Waals surface area contributed by atoms with E-state index in [0.717, 1.165) is 24.6 Å². The molecule has 3 rings (SSSR count). The molecule has 2 aromatic rings. The van der Waals surface area contributed by atoms with E-state index in [2.05, 4.69) is 22.1 Å². The highest BCUT2D eigenvalue weighted by molar-refractivity contribution is 7.71. The van der Waals surface area contributed by atoms with Crippen LogP contribution in [0.5, 0.6) is 0 Å². The Balaban J connectivity index is 2.20. The zero-order chi connectivity index (χ0) is 15.0. The van der Waals surface area contributed by atoms with Crippen LogP contribution in [0.2, 0.25) is 0 Å². The number of H-pyrrole nitrogens is 2. The SMILES string of the molecule is CC(c1c[nH]c(=S)[nH]1)(c1ccc(F)cc1F)C1C=CCC1. The number of hydrogen-bond acceptors (Lipinski definition) is 1. The Morgan fingerprint density at radius 3 is 2.71 bits per heavy atom.